The molecule has 0 bridgehead atoms. The van der Waals surface area contributed by atoms with Gasteiger partial charge in [-0.25, -0.2) is 4.98 Å². The van der Waals surface area contributed by atoms with Crippen LogP contribution >= 0.6 is 23.7 Å². The number of nitrogens with one attached hydrogen (secondary N) is 1. The molecule has 3 rings (SSSR count). The molecule has 0 aromatic carbocycles. The van der Waals surface area contributed by atoms with Gasteiger partial charge in [-0.3, -0.25) is 4.79 Å². The Morgan fingerprint density at radius 1 is 1.29 bits per heavy atom. The summed E-state index contributed by atoms with van der Waals surface area (Å²) in [5.41, 5.74) is 0.899. The highest BCUT2D eigenvalue weighted by molar-refractivity contribution is 7.20. The number of likely N-dealkylation sites (tertiary alicyclic amines) is 1. The molecule has 0 saturated carbocycles. The standard InChI is InChI=1S/C19H28N4O3S.ClH/c1-5-20-10-13-6-8-23(9-7-13)19(24)16-12(2)15-17(26-4)21-14(11-25-3)22-18(15)27-16;/h13,20H,5-11H2,1-4H3;1H. The minimum Gasteiger partial charge on any atom is -0.480 e. The fourth-order valence-electron chi connectivity index (χ4n) is 3.52. The maximum absolute atomic E-state index is 13.1. The zero-order valence-electron chi connectivity index (χ0n) is 16.9. The highest BCUT2D eigenvalue weighted by Crippen LogP contribution is 2.36. The SMILES string of the molecule is CCNCC1CCN(C(=O)c2sc3nc(COC)nc(OC)c3c2C)CC1.Cl. The Balaban J connectivity index is 0.00000280. The average molecular weight is 429 g/mol. The summed E-state index contributed by atoms with van der Waals surface area (Å²) in [4.78, 5) is 25.6. The lowest BCUT2D eigenvalue weighted by molar-refractivity contribution is 0.0694. The summed E-state index contributed by atoms with van der Waals surface area (Å²) in [6.07, 6.45) is 2.09. The molecule has 2 aromatic heterocycles. The molecule has 156 valence electrons. The minimum atomic E-state index is 0. The molecule has 1 saturated heterocycles. The van der Waals surface area contributed by atoms with Crippen LogP contribution in [-0.2, 0) is 11.3 Å². The summed E-state index contributed by atoms with van der Waals surface area (Å²) in [6, 6.07) is 0. The van der Waals surface area contributed by atoms with Crippen LogP contribution in [0.2, 0.25) is 0 Å². The third-order valence-corrected chi connectivity index (χ3v) is 6.22. The van der Waals surface area contributed by atoms with Crippen LogP contribution in [-0.4, -0.2) is 61.2 Å². The molecule has 1 aliphatic heterocycles. The molecule has 2 aromatic rings. The van der Waals surface area contributed by atoms with E-state index in [0.717, 1.165) is 59.7 Å². The van der Waals surface area contributed by atoms with Gasteiger partial charge in [0.05, 0.1) is 17.4 Å². The van der Waals surface area contributed by atoms with E-state index in [2.05, 4.69) is 22.2 Å². The number of piperidine rings is 1. The first-order chi connectivity index (χ1) is 13.1. The lowest BCUT2D eigenvalue weighted by Crippen LogP contribution is -2.40. The van der Waals surface area contributed by atoms with Crippen molar-refractivity contribution in [3.05, 3.63) is 16.3 Å². The number of carbonyl (C=O) groups is 1. The number of hydrogen-bond donors (Lipinski definition) is 1. The number of halogens is 1. The molecule has 0 unspecified atom stereocenters. The van der Waals surface area contributed by atoms with Crippen molar-refractivity contribution in [1.82, 2.24) is 20.2 Å². The molecule has 0 atom stereocenters. The van der Waals surface area contributed by atoms with Crippen LogP contribution in [0.3, 0.4) is 0 Å². The summed E-state index contributed by atoms with van der Waals surface area (Å²) < 4.78 is 10.6. The number of amides is 1. The minimum absolute atomic E-state index is 0. The molecule has 0 aliphatic carbocycles. The Bertz CT molecular complexity index is 806. The fourth-order valence-corrected chi connectivity index (χ4v) is 4.68. The van der Waals surface area contributed by atoms with Gasteiger partial charge in [0.15, 0.2) is 5.82 Å². The lowest BCUT2D eigenvalue weighted by atomic mass is 9.96. The number of thiophene rings is 1. The van der Waals surface area contributed by atoms with E-state index in [4.69, 9.17) is 9.47 Å². The van der Waals surface area contributed by atoms with Crippen molar-refractivity contribution in [2.45, 2.75) is 33.3 Å². The Hall–Kier alpha value is -1.48. The Morgan fingerprint density at radius 3 is 2.61 bits per heavy atom. The number of hydrogen-bond acceptors (Lipinski definition) is 7. The van der Waals surface area contributed by atoms with Crippen LogP contribution in [0.5, 0.6) is 5.88 Å². The number of aromatic nitrogens is 2. The monoisotopic (exact) mass is 428 g/mol. The highest BCUT2D eigenvalue weighted by atomic mass is 35.5. The van der Waals surface area contributed by atoms with E-state index in [9.17, 15) is 4.79 Å². The number of rotatable bonds is 7. The highest BCUT2D eigenvalue weighted by Gasteiger charge is 2.27. The molecule has 9 heteroatoms. The first-order valence-electron chi connectivity index (χ1n) is 9.41. The van der Waals surface area contributed by atoms with Gasteiger partial charge < -0.3 is 19.7 Å². The van der Waals surface area contributed by atoms with Gasteiger partial charge in [-0.2, -0.15) is 4.98 Å². The summed E-state index contributed by atoms with van der Waals surface area (Å²) in [5, 5.41) is 4.23. The summed E-state index contributed by atoms with van der Waals surface area (Å²) in [6.45, 7) is 8.03. The third-order valence-electron chi connectivity index (χ3n) is 5.05. The van der Waals surface area contributed by atoms with E-state index in [1.807, 2.05) is 11.8 Å². The molecule has 1 aliphatic rings. The summed E-state index contributed by atoms with van der Waals surface area (Å²) in [7, 11) is 3.19. The van der Waals surface area contributed by atoms with Gasteiger partial charge in [0.25, 0.3) is 5.91 Å². The smallest absolute Gasteiger partial charge is 0.264 e. The largest absolute Gasteiger partial charge is 0.480 e. The molecular weight excluding hydrogens is 400 g/mol. The second-order valence-electron chi connectivity index (χ2n) is 6.86. The second kappa shape index (κ2) is 10.3. The molecule has 28 heavy (non-hydrogen) atoms. The van der Waals surface area contributed by atoms with Crippen molar-refractivity contribution in [3.8, 4) is 5.88 Å². The van der Waals surface area contributed by atoms with Crippen molar-refractivity contribution in [2.24, 2.45) is 5.92 Å². The van der Waals surface area contributed by atoms with Gasteiger partial charge in [-0.1, -0.05) is 6.92 Å². The molecular formula is C19H29ClN4O3S. The van der Waals surface area contributed by atoms with Crippen LogP contribution in [0, 0.1) is 12.8 Å². The zero-order chi connectivity index (χ0) is 19.4. The van der Waals surface area contributed by atoms with E-state index in [1.54, 1.807) is 14.2 Å². The van der Waals surface area contributed by atoms with Crippen molar-refractivity contribution >= 4 is 39.9 Å². The van der Waals surface area contributed by atoms with E-state index in [1.165, 1.54) is 11.3 Å². The first kappa shape index (κ1) is 22.8. The predicted molar refractivity (Wildman–Crippen MR) is 114 cm³/mol. The molecule has 1 amide bonds. The lowest BCUT2D eigenvalue weighted by Gasteiger charge is -2.32. The van der Waals surface area contributed by atoms with Crippen molar-refractivity contribution in [1.29, 1.82) is 0 Å². The van der Waals surface area contributed by atoms with Crippen molar-refractivity contribution in [2.75, 3.05) is 40.4 Å². The van der Waals surface area contributed by atoms with E-state index >= 15 is 0 Å². The number of fused-ring (bicyclic) bond motifs is 1. The predicted octanol–water partition coefficient (Wildman–Crippen LogP) is 3.04. The van der Waals surface area contributed by atoms with Gasteiger partial charge in [0.2, 0.25) is 5.88 Å². The number of methoxy groups -OCH3 is 2. The van der Waals surface area contributed by atoms with Crippen molar-refractivity contribution < 1.29 is 14.3 Å². The van der Waals surface area contributed by atoms with Gasteiger partial charge in [-0.05, 0) is 44.3 Å². The van der Waals surface area contributed by atoms with E-state index in [-0.39, 0.29) is 18.3 Å². The van der Waals surface area contributed by atoms with Gasteiger partial charge in [-0.15, -0.1) is 23.7 Å². The Kier molecular flexibility index (Phi) is 8.42. The maximum atomic E-state index is 13.1. The van der Waals surface area contributed by atoms with Crippen LogP contribution in [0.25, 0.3) is 10.2 Å². The van der Waals surface area contributed by atoms with Crippen LogP contribution in [0.15, 0.2) is 0 Å². The second-order valence-corrected chi connectivity index (χ2v) is 7.86. The molecule has 1 fully saturated rings. The molecule has 0 spiro atoms. The molecule has 7 nitrogen and oxygen atoms in total. The Labute approximate surface area is 176 Å². The molecule has 3 heterocycles. The summed E-state index contributed by atoms with van der Waals surface area (Å²) >= 11 is 1.42. The topological polar surface area (TPSA) is 76.6 Å². The zero-order valence-corrected chi connectivity index (χ0v) is 18.5. The molecule has 0 radical (unpaired) electrons. The Morgan fingerprint density at radius 2 is 2.00 bits per heavy atom. The van der Waals surface area contributed by atoms with Gasteiger partial charge in [0.1, 0.15) is 11.4 Å². The van der Waals surface area contributed by atoms with Gasteiger partial charge >= 0.3 is 0 Å². The number of aryl methyl sites for hydroxylation is 1. The number of carbonyl (C=O) groups excluding carboxylic acids is 1. The van der Waals surface area contributed by atoms with E-state index in [0.29, 0.717) is 24.2 Å². The molecule has 1 N–H and O–H groups in total. The van der Waals surface area contributed by atoms with Crippen LogP contribution in [0.1, 0.15) is 40.8 Å². The van der Waals surface area contributed by atoms with E-state index < -0.39 is 0 Å². The van der Waals surface area contributed by atoms with Crippen LogP contribution in [0.4, 0.5) is 0 Å². The quantitative estimate of drug-likeness (QED) is 0.730. The number of ether oxygens (including phenoxy) is 2. The first-order valence-corrected chi connectivity index (χ1v) is 10.2. The number of nitrogens with zero attached hydrogens (tertiary/aromatic N) is 3. The average Bonchev–Trinajstić information content (AvgIpc) is 3.02. The van der Waals surface area contributed by atoms with Gasteiger partial charge in [0, 0.05) is 20.2 Å². The normalized spacial score (nSPS) is 14.9. The van der Waals surface area contributed by atoms with Crippen LogP contribution < -0.4 is 10.1 Å². The fraction of sp³-hybridized carbons (Fsp3) is 0.632. The van der Waals surface area contributed by atoms with Crippen molar-refractivity contribution in [3.63, 3.8) is 0 Å². The summed E-state index contributed by atoms with van der Waals surface area (Å²) in [5.74, 6) is 1.81. The maximum Gasteiger partial charge on any atom is 0.264 e. The third kappa shape index (κ3) is 4.74.